The first-order chi connectivity index (χ1) is 14.6. The van der Waals surface area contributed by atoms with Gasteiger partial charge in [-0.25, -0.2) is 9.07 Å². The van der Waals surface area contributed by atoms with Gasteiger partial charge in [0.1, 0.15) is 17.3 Å². The van der Waals surface area contributed by atoms with E-state index in [-0.39, 0.29) is 11.7 Å². The van der Waals surface area contributed by atoms with Crippen LogP contribution in [0.5, 0.6) is 11.5 Å². The Morgan fingerprint density at radius 3 is 2.68 bits per heavy atom. The number of amides is 1. The predicted octanol–water partition coefficient (Wildman–Crippen LogP) is 5.51. The lowest BCUT2D eigenvalue weighted by Gasteiger charge is -2.14. The molecule has 166 valence electrons. The molecule has 1 heterocycles. The average Bonchev–Trinajstić information content (AvgIpc) is 3.12. The number of hydrogen-bond acceptors (Lipinski definition) is 4. The fourth-order valence-corrected chi connectivity index (χ4v) is 3.10. The van der Waals surface area contributed by atoms with Gasteiger partial charge in [-0.1, -0.05) is 30.2 Å². The maximum absolute atomic E-state index is 14.2. The van der Waals surface area contributed by atoms with E-state index in [0.29, 0.717) is 29.7 Å². The van der Waals surface area contributed by atoms with Crippen LogP contribution in [-0.2, 0) is 11.0 Å². The Hall–Kier alpha value is -2.88. The van der Waals surface area contributed by atoms with E-state index in [2.05, 4.69) is 15.6 Å². The van der Waals surface area contributed by atoms with E-state index in [1.54, 1.807) is 6.92 Å². The molecule has 0 aliphatic rings. The van der Waals surface area contributed by atoms with E-state index in [0.717, 1.165) is 12.8 Å². The summed E-state index contributed by atoms with van der Waals surface area (Å²) in [6.45, 7) is 4.19. The number of carbonyl (C=O) groups is 1. The van der Waals surface area contributed by atoms with E-state index in [1.807, 2.05) is 6.92 Å². The molecule has 6 nitrogen and oxygen atoms in total. The fourth-order valence-electron chi connectivity index (χ4n) is 2.85. The molecule has 1 unspecified atom stereocenters. The van der Waals surface area contributed by atoms with Gasteiger partial charge in [-0.3, -0.25) is 4.79 Å². The van der Waals surface area contributed by atoms with E-state index >= 15 is 0 Å². The molecule has 0 saturated carbocycles. The number of hydrogen-bond donors (Lipinski definition) is 1. The number of halogens is 5. The molecule has 2 aromatic carbocycles. The fraction of sp³-hybridized carbons (Fsp3) is 0.350. The van der Waals surface area contributed by atoms with Crippen molar-refractivity contribution in [3.63, 3.8) is 0 Å². The highest BCUT2D eigenvalue weighted by atomic mass is 35.5. The van der Waals surface area contributed by atoms with Crippen molar-refractivity contribution < 1.29 is 27.1 Å². The van der Waals surface area contributed by atoms with Crippen molar-refractivity contribution in [2.45, 2.75) is 38.9 Å². The maximum atomic E-state index is 14.2. The molecule has 1 aromatic heterocycles. The minimum absolute atomic E-state index is 0.0928. The molecule has 0 aliphatic heterocycles. The second kappa shape index (κ2) is 9.09. The summed E-state index contributed by atoms with van der Waals surface area (Å²) in [5, 5.41) is 10.3. The molecule has 1 amide bonds. The highest BCUT2D eigenvalue weighted by molar-refractivity contribution is 6.32. The molecule has 3 aromatic rings. The zero-order valence-electron chi connectivity index (χ0n) is 16.6. The van der Waals surface area contributed by atoms with Crippen molar-refractivity contribution in [1.82, 2.24) is 20.3 Å². The van der Waals surface area contributed by atoms with Gasteiger partial charge >= 0.3 is 6.18 Å². The number of nitrogens with zero attached hydrogens (tertiary/aromatic N) is 3. The number of benzene rings is 2. The standard InChI is InChI=1S/C20H19ClF4N4O2/c1-3-4-7-26-19(30)11(2)29-17-10-13(5-6-16(17)27-28-29)31-18-14(21)8-12(9-15(18)22)20(23,24)25/h5-6,8-11H,3-4,7H2,1-2H3,(H,26,30). The molecule has 0 bridgehead atoms. The maximum Gasteiger partial charge on any atom is 0.416 e. The Labute approximate surface area is 180 Å². The zero-order valence-corrected chi connectivity index (χ0v) is 17.4. The number of unbranched alkanes of at least 4 members (excludes halogenated alkanes) is 1. The van der Waals surface area contributed by atoms with Gasteiger partial charge < -0.3 is 10.1 Å². The summed E-state index contributed by atoms with van der Waals surface area (Å²) in [5.74, 6) is -1.95. The van der Waals surface area contributed by atoms with Crippen LogP contribution in [0.2, 0.25) is 5.02 Å². The highest BCUT2D eigenvalue weighted by Gasteiger charge is 2.32. The molecule has 1 N–H and O–H groups in total. The quantitative estimate of drug-likeness (QED) is 0.374. The molecule has 11 heteroatoms. The first kappa shape index (κ1) is 22.8. The lowest BCUT2D eigenvalue weighted by atomic mass is 10.2. The van der Waals surface area contributed by atoms with Crippen LogP contribution < -0.4 is 10.1 Å². The molecular weight excluding hydrogens is 440 g/mol. The molecule has 0 aliphatic carbocycles. The minimum atomic E-state index is -4.74. The third kappa shape index (κ3) is 5.07. The molecule has 0 spiro atoms. The van der Waals surface area contributed by atoms with E-state index in [4.69, 9.17) is 16.3 Å². The lowest BCUT2D eigenvalue weighted by molar-refractivity contribution is -0.137. The predicted molar refractivity (Wildman–Crippen MR) is 107 cm³/mol. The van der Waals surface area contributed by atoms with Crippen LogP contribution in [0.3, 0.4) is 0 Å². The monoisotopic (exact) mass is 458 g/mol. The first-order valence-corrected chi connectivity index (χ1v) is 9.86. The molecule has 0 saturated heterocycles. The number of nitrogens with one attached hydrogen (secondary N) is 1. The highest BCUT2D eigenvalue weighted by Crippen LogP contribution is 2.39. The van der Waals surface area contributed by atoms with Gasteiger partial charge in [-0.2, -0.15) is 13.2 Å². The zero-order chi connectivity index (χ0) is 22.8. The molecule has 31 heavy (non-hydrogen) atoms. The van der Waals surface area contributed by atoms with Crippen LogP contribution in [0.15, 0.2) is 30.3 Å². The second-order valence-electron chi connectivity index (χ2n) is 6.87. The molecule has 0 radical (unpaired) electrons. The summed E-state index contributed by atoms with van der Waals surface area (Å²) >= 11 is 5.82. The first-order valence-electron chi connectivity index (χ1n) is 9.48. The van der Waals surface area contributed by atoms with Gasteiger partial charge in [-0.15, -0.1) is 5.10 Å². The normalized spacial score (nSPS) is 12.7. The number of rotatable bonds is 7. The van der Waals surface area contributed by atoms with Crippen molar-refractivity contribution in [2.24, 2.45) is 0 Å². The lowest BCUT2D eigenvalue weighted by Crippen LogP contribution is -2.32. The van der Waals surface area contributed by atoms with Gasteiger partial charge in [0.05, 0.1) is 16.1 Å². The van der Waals surface area contributed by atoms with E-state index in [1.165, 1.54) is 22.9 Å². The van der Waals surface area contributed by atoms with Crippen molar-refractivity contribution in [2.75, 3.05) is 6.54 Å². The number of alkyl halides is 3. The third-order valence-electron chi connectivity index (χ3n) is 4.56. The summed E-state index contributed by atoms with van der Waals surface area (Å²) in [6.07, 6.45) is -2.97. The number of aromatic nitrogens is 3. The van der Waals surface area contributed by atoms with Crippen LogP contribution in [0.4, 0.5) is 17.6 Å². The molecule has 0 fully saturated rings. The Morgan fingerprint density at radius 1 is 1.29 bits per heavy atom. The summed E-state index contributed by atoms with van der Waals surface area (Å²) in [6, 6.07) is 4.66. The Kier molecular flexibility index (Phi) is 6.68. The molecule has 3 rings (SSSR count). The Morgan fingerprint density at radius 2 is 2.03 bits per heavy atom. The SMILES string of the molecule is CCCCNC(=O)C(C)n1nnc2ccc(Oc3c(F)cc(C(F)(F)F)cc3Cl)cc21. The molecular formula is C20H19ClF4N4O2. The minimum Gasteiger partial charge on any atom is -0.453 e. The van der Waals surface area contributed by atoms with E-state index in [9.17, 15) is 22.4 Å². The second-order valence-corrected chi connectivity index (χ2v) is 7.28. The van der Waals surface area contributed by atoms with E-state index < -0.39 is 34.4 Å². The number of ether oxygens (including phenoxy) is 1. The smallest absolute Gasteiger partial charge is 0.416 e. The number of fused-ring (bicyclic) bond motifs is 1. The summed E-state index contributed by atoms with van der Waals surface area (Å²) in [5.41, 5.74) is -0.332. The van der Waals surface area contributed by atoms with Gasteiger partial charge in [0.15, 0.2) is 11.6 Å². The summed E-state index contributed by atoms with van der Waals surface area (Å²) in [7, 11) is 0. The van der Waals surface area contributed by atoms with Gasteiger partial charge in [0, 0.05) is 12.6 Å². The Bertz CT molecular complexity index is 1080. The van der Waals surface area contributed by atoms with Crippen molar-refractivity contribution >= 4 is 28.5 Å². The summed E-state index contributed by atoms with van der Waals surface area (Å²) in [4.78, 5) is 12.3. The van der Waals surface area contributed by atoms with Crippen LogP contribution >= 0.6 is 11.6 Å². The topological polar surface area (TPSA) is 69.0 Å². The van der Waals surface area contributed by atoms with Gasteiger partial charge in [0.25, 0.3) is 0 Å². The van der Waals surface area contributed by atoms with Crippen LogP contribution in [0, 0.1) is 5.82 Å². The van der Waals surface area contributed by atoms with Crippen molar-refractivity contribution in [3.05, 3.63) is 46.7 Å². The molecule has 1 atom stereocenters. The van der Waals surface area contributed by atoms with Crippen LogP contribution in [0.25, 0.3) is 11.0 Å². The van der Waals surface area contributed by atoms with Crippen molar-refractivity contribution in [3.8, 4) is 11.5 Å². The Balaban J connectivity index is 1.88. The summed E-state index contributed by atoms with van der Waals surface area (Å²) < 4.78 is 59.5. The van der Waals surface area contributed by atoms with Crippen LogP contribution in [0.1, 0.15) is 38.3 Å². The average molecular weight is 459 g/mol. The third-order valence-corrected chi connectivity index (χ3v) is 4.84. The van der Waals surface area contributed by atoms with Crippen molar-refractivity contribution in [1.29, 1.82) is 0 Å². The number of carbonyl (C=O) groups excluding carboxylic acids is 1. The largest absolute Gasteiger partial charge is 0.453 e. The van der Waals surface area contributed by atoms with Crippen LogP contribution in [-0.4, -0.2) is 27.4 Å². The van der Waals surface area contributed by atoms with Gasteiger partial charge in [-0.05, 0) is 37.6 Å². The van der Waals surface area contributed by atoms with Gasteiger partial charge in [0.2, 0.25) is 5.91 Å².